The molecular formula is C28H35IN2O5Si. The number of amides is 2. The van der Waals surface area contributed by atoms with Crippen molar-refractivity contribution in [2.24, 2.45) is 5.92 Å². The van der Waals surface area contributed by atoms with Crippen LogP contribution in [0.5, 0.6) is 5.75 Å². The Labute approximate surface area is 233 Å². The zero-order chi connectivity index (χ0) is 26.5. The van der Waals surface area contributed by atoms with Crippen molar-refractivity contribution in [1.29, 1.82) is 0 Å². The molecule has 0 bridgehead atoms. The average molecular weight is 635 g/mol. The summed E-state index contributed by atoms with van der Waals surface area (Å²) >= 11 is 2.27. The number of nitrogens with one attached hydrogen (secondary N) is 1. The molecule has 198 valence electrons. The number of benzene rings is 2. The summed E-state index contributed by atoms with van der Waals surface area (Å²) in [5.41, 5.74) is 0.525. The van der Waals surface area contributed by atoms with Crippen LogP contribution in [0.1, 0.15) is 31.7 Å². The van der Waals surface area contributed by atoms with E-state index in [1.165, 1.54) is 5.19 Å². The monoisotopic (exact) mass is 634 g/mol. The number of carbonyl (C=O) groups excluding carboxylic acids is 2. The highest BCUT2D eigenvalue weighted by molar-refractivity contribution is 14.1. The van der Waals surface area contributed by atoms with Crippen LogP contribution in [0.4, 0.5) is 5.69 Å². The molecule has 5 rings (SSSR count). The Bertz CT molecular complexity index is 1210. The van der Waals surface area contributed by atoms with E-state index < -0.39 is 19.8 Å². The molecule has 9 heteroatoms. The minimum atomic E-state index is -2.28. The third kappa shape index (κ3) is 4.31. The van der Waals surface area contributed by atoms with Crippen LogP contribution in [0, 0.1) is 9.49 Å². The van der Waals surface area contributed by atoms with Crippen LogP contribution in [-0.2, 0) is 19.9 Å². The van der Waals surface area contributed by atoms with E-state index in [9.17, 15) is 14.7 Å². The Balaban J connectivity index is 1.57. The topological polar surface area (TPSA) is 88.1 Å². The molecule has 2 saturated heterocycles. The minimum absolute atomic E-state index is 0.00315. The summed E-state index contributed by atoms with van der Waals surface area (Å²) in [6.07, 6.45) is 1.50. The molecule has 2 fully saturated rings. The number of fused-ring (bicyclic) bond motifs is 2. The van der Waals surface area contributed by atoms with E-state index in [0.29, 0.717) is 6.54 Å². The molecule has 2 amide bonds. The molecule has 3 aliphatic rings. The van der Waals surface area contributed by atoms with Gasteiger partial charge in [-0.1, -0.05) is 37.3 Å². The fraction of sp³-hybridized carbons (Fsp3) is 0.500. The Morgan fingerprint density at radius 3 is 2.68 bits per heavy atom. The lowest BCUT2D eigenvalue weighted by Gasteiger charge is -2.37. The smallest absolute Gasteiger partial charge is 0.261 e. The number of nitrogens with zero attached hydrogens (tertiary/aromatic N) is 1. The number of ether oxygens (including phenoxy) is 2. The van der Waals surface area contributed by atoms with Gasteiger partial charge in [-0.05, 0) is 71.3 Å². The van der Waals surface area contributed by atoms with E-state index >= 15 is 0 Å². The van der Waals surface area contributed by atoms with E-state index in [0.717, 1.165) is 33.4 Å². The van der Waals surface area contributed by atoms with Crippen LogP contribution in [0.3, 0.4) is 0 Å². The molecule has 3 aliphatic heterocycles. The summed E-state index contributed by atoms with van der Waals surface area (Å²) in [4.78, 5) is 29.1. The maximum atomic E-state index is 13.7. The summed E-state index contributed by atoms with van der Waals surface area (Å²) < 4.78 is 13.3. The standard InChI is InChI=1S/C28H35IN2O5Si/c1-17-26(37(3,4)21-10-8-20(35-2)9-11-21)24(15-25(33)31-13-5-6-19(31)16-32)36-28(17)22-14-18(29)7-12-23(22)30-27(28)34/h7-12,14,17,19,24,26,32H,5-6,13,15-16H2,1-4H3,(H,30,34)/t17-,19+,24+,26-,28+/m1/s1. The quantitative estimate of drug-likeness (QED) is 0.373. The normalized spacial score (nSPS) is 29.0. The lowest BCUT2D eigenvalue weighted by molar-refractivity contribution is -0.148. The number of hydrogen-bond acceptors (Lipinski definition) is 5. The van der Waals surface area contributed by atoms with Crippen molar-refractivity contribution in [2.75, 3.05) is 25.6 Å². The lowest BCUT2D eigenvalue weighted by Crippen LogP contribution is -2.52. The zero-order valence-electron chi connectivity index (χ0n) is 21.8. The van der Waals surface area contributed by atoms with Gasteiger partial charge in [-0.15, -0.1) is 0 Å². The summed E-state index contributed by atoms with van der Waals surface area (Å²) in [6, 6.07) is 14.0. The highest BCUT2D eigenvalue weighted by Gasteiger charge is 2.65. The van der Waals surface area contributed by atoms with Gasteiger partial charge < -0.3 is 24.8 Å². The van der Waals surface area contributed by atoms with Gasteiger partial charge in [0.1, 0.15) is 5.75 Å². The molecule has 2 aromatic rings. The van der Waals surface area contributed by atoms with E-state index in [2.05, 4.69) is 60.1 Å². The number of carbonyl (C=O) groups is 2. The molecule has 0 saturated carbocycles. The van der Waals surface area contributed by atoms with E-state index in [1.807, 2.05) is 35.2 Å². The van der Waals surface area contributed by atoms with Crippen molar-refractivity contribution < 1.29 is 24.2 Å². The predicted molar refractivity (Wildman–Crippen MR) is 154 cm³/mol. The number of aliphatic hydroxyl groups is 1. The maximum absolute atomic E-state index is 13.7. The Hall–Kier alpha value is -1.95. The first-order valence-electron chi connectivity index (χ1n) is 13.0. The van der Waals surface area contributed by atoms with Crippen LogP contribution in [0.15, 0.2) is 42.5 Å². The molecule has 0 aliphatic carbocycles. The van der Waals surface area contributed by atoms with Crippen LogP contribution < -0.4 is 15.2 Å². The third-order valence-electron chi connectivity index (χ3n) is 8.84. The molecule has 0 unspecified atom stereocenters. The molecule has 5 atom stereocenters. The summed E-state index contributed by atoms with van der Waals surface area (Å²) in [7, 11) is -0.622. The Morgan fingerprint density at radius 1 is 1.27 bits per heavy atom. The Kier molecular flexibility index (Phi) is 7.19. The average Bonchev–Trinajstić information content (AvgIpc) is 3.55. The van der Waals surface area contributed by atoms with Crippen molar-refractivity contribution in [2.45, 2.75) is 62.6 Å². The van der Waals surface area contributed by atoms with Crippen LogP contribution >= 0.6 is 22.6 Å². The molecule has 2 N–H and O–H groups in total. The Morgan fingerprint density at radius 2 is 2.00 bits per heavy atom. The first-order valence-corrected chi connectivity index (χ1v) is 17.1. The molecule has 0 aromatic heterocycles. The lowest BCUT2D eigenvalue weighted by atomic mass is 9.82. The molecule has 7 nitrogen and oxygen atoms in total. The second kappa shape index (κ2) is 9.98. The van der Waals surface area contributed by atoms with Gasteiger partial charge in [0.05, 0.1) is 40.4 Å². The van der Waals surface area contributed by atoms with Gasteiger partial charge in [0.15, 0.2) is 5.60 Å². The van der Waals surface area contributed by atoms with Gasteiger partial charge >= 0.3 is 0 Å². The fourth-order valence-electron chi connectivity index (χ4n) is 6.95. The van der Waals surface area contributed by atoms with Gasteiger partial charge in [0.2, 0.25) is 5.91 Å². The van der Waals surface area contributed by atoms with Crippen molar-refractivity contribution in [3.8, 4) is 5.75 Å². The highest BCUT2D eigenvalue weighted by Crippen LogP contribution is 2.58. The van der Waals surface area contributed by atoms with Crippen molar-refractivity contribution in [3.05, 3.63) is 51.6 Å². The summed E-state index contributed by atoms with van der Waals surface area (Å²) in [6.45, 7) is 7.37. The van der Waals surface area contributed by atoms with Crippen LogP contribution in [0.25, 0.3) is 0 Å². The van der Waals surface area contributed by atoms with Crippen molar-refractivity contribution in [1.82, 2.24) is 4.90 Å². The molecular weight excluding hydrogens is 599 g/mol. The first-order chi connectivity index (χ1) is 17.6. The molecule has 1 spiro atoms. The summed E-state index contributed by atoms with van der Waals surface area (Å²) in [5, 5.41) is 14.1. The zero-order valence-corrected chi connectivity index (χ0v) is 24.9. The number of methoxy groups -OCH3 is 1. The van der Waals surface area contributed by atoms with E-state index in [-0.39, 0.29) is 42.3 Å². The van der Waals surface area contributed by atoms with Crippen LogP contribution in [0.2, 0.25) is 18.6 Å². The molecule has 3 heterocycles. The number of anilines is 1. The highest BCUT2D eigenvalue weighted by atomic mass is 127. The fourth-order valence-corrected chi connectivity index (χ4v) is 11.5. The maximum Gasteiger partial charge on any atom is 0.261 e. The molecule has 0 radical (unpaired) electrons. The van der Waals surface area contributed by atoms with Crippen molar-refractivity contribution in [3.63, 3.8) is 0 Å². The minimum Gasteiger partial charge on any atom is -0.497 e. The van der Waals surface area contributed by atoms with Gasteiger partial charge in [0.25, 0.3) is 5.91 Å². The van der Waals surface area contributed by atoms with E-state index in [4.69, 9.17) is 9.47 Å². The van der Waals surface area contributed by atoms with Crippen molar-refractivity contribution >= 4 is 53.4 Å². The molecule has 2 aromatic carbocycles. The van der Waals surface area contributed by atoms with Gasteiger partial charge in [-0.2, -0.15) is 0 Å². The number of rotatable bonds is 6. The number of hydrogen-bond donors (Lipinski definition) is 2. The van der Waals surface area contributed by atoms with Gasteiger partial charge in [-0.3, -0.25) is 9.59 Å². The summed E-state index contributed by atoms with van der Waals surface area (Å²) in [5.74, 6) is 0.512. The largest absolute Gasteiger partial charge is 0.497 e. The number of likely N-dealkylation sites (tertiary alicyclic amines) is 1. The second-order valence-corrected chi connectivity index (χ2v) is 17.0. The predicted octanol–water partition coefficient (Wildman–Crippen LogP) is 3.84. The molecule has 37 heavy (non-hydrogen) atoms. The first kappa shape index (κ1) is 26.6. The number of halogens is 1. The van der Waals surface area contributed by atoms with Gasteiger partial charge in [-0.25, -0.2) is 0 Å². The van der Waals surface area contributed by atoms with Crippen LogP contribution in [-0.4, -0.2) is 62.3 Å². The number of aliphatic hydroxyl groups excluding tert-OH is 1. The van der Waals surface area contributed by atoms with E-state index in [1.54, 1.807) is 7.11 Å². The third-order valence-corrected chi connectivity index (χ3v) is 13.9. The SMILES string of the molecule is COc1ccc([Si](C)(C)[C@H]2[C@H](CC(=O)N3CCC[C@H]3CO)O[C@@]3(C(=O)Nc4ccc(I)cc43)[C@@H]2C)cc1. The van der Waals surface area contributed by atoms with Gasteiger partial charge in [0, 0.05) is 27.3 Å². The second-order valence-electron chi connectivity index (χ2n) is 11.1.